The van der Waals surface area contributed by atoms with Crippen LogP contribution in [0.1, 0.15) is 0 Å². The van der Waals surface area contributed by atoms with E-state index in [4.69, 9.17) is 9.42 Å². The van der Waals surface area contributed by atoms with Gasteiger partial charge in [-0.1, -0.05) is 0 Å². The van der Waals surface area contributed by atoms with Gasteiger partial charge >= 0.3 is 92.6 Å². The van der Waals surface area contributed by atoms with Crippen LogP contribution >= 0.6 is 9.42 Å². The molecule has 0 fully saturated rings. The Morgan fingerprint density at radius 3 is 1.71 bits per heavy atom. The number of rotatable bonds is 2. The van der Waals surface area contributed by atoms with E-state index in [-0.39, 0.29) is 0 Å². The van der Waals surface area contributed by atoms with Gasteiger partial charge in [0.1, 0.15) is 0 Å². The second-order valence-electron chi connectivity index (χ2n) is 2.44. The van der Waals surface area contributed by atoms with Crippen molar-refractivity contribution in [3.63, 3.8) is 0 Å². The Morgan fingerprint density at radius 1 is 0.857 bits per heavy atom. The number of hydrogen-bond donors (Lipinski definition) is 0. The number of halogens is 1. The van der Waals surface area contributed by atoms with E-state index in [1.165, 1.54) is 0 Å². The van der Waals surface area contributed by atoms with E-state index in [9.17, 15) is 0 Å². The topological polar surface area (TPSA) is 25.8 Å². The van der Waals surface area contributed by atoms with Gasteiger partial charge in [0, 0.05) is 0 Å². The van der Waals surface area contributed by atoms with Crippen LogP contribution in [0.4, 0.5) is 0 Å². The molecule has 0 N–H and O–H groups in total. The number of hydrogen-bond acceptors (Lipinski definition) is 2. The fourth-order valence-electron chi connectivity index (χ4n) is 0.910. The van der Waals surface area contributed by atoms with Crippen LogP contribution in [0.15, 0.2) is 48.8 Å². The van der Waals surface area contributed by atoms with Gasteiger partial charge < -0.3 is 0 Å². The van der Waals surface area contributed by atoms with Crippen molar-refractivity contribution in [3.05, 3.63) is 48.8 Å². The number of nitrogens with zero attached hydrogens (tertiary/aromatic N) is 2. The Morgan fingerprint density at radius 2 is 1.36 bits per heavy atom. The summed E-state index contributed by atoms with van der Waals surface area (Å²) in [5.74, 6) is 0. The quantitative estimate of drug-likeness (QED) is 0.775. The van der Waals surface area contributed by atoms with Crippen molar-refractivity contribution in [1.29, 1.82) is 0 Å². The molecule has 2 aromatic heterocycles. The van der Waals surface area contributed by atoms with Gasteiger partial charge in [-0.3, -0.25) is 0 Å². The number of aromatic nitrogens is 2. The summed E-state index contributed by atoms with van der Waals surface area (Å²) >= 11 is -1.86. The fourth-order valence-corrected chi connectivity index (χ4v) is 4.62. The summed E-state index contributed by atoms with van der Waals surface area (Å²) in [6.07, 6.45) is 3.54. The third-order valence-corrected chi connectivity index (χ3v) is 6.90. The zero-order valence-electron chi connectivity index (χ0n) is 7.21. The van der Waals surface area contributed by atoms with E-state index in [2.05, 4.69) is 9.97 Å². The third kappa shape index (κ3) is 2.20. The molecular weight excluding hydrogens is 379 g/mol. The molecule has 2 aromatic rings. The second kappa shape index (κ2) is 4.67. The van der Waals surface area contributed by atoms with Gasteiger partial charge in [0.25, 0.3) is 0 Å². The summed E-state index contributed by atoms with van der Waals surface area (Å²) in [5, 5.41) is 0. The molecule has 0 amide bonds. The molecule has 0 aromatic carbocycles. The summed E-state index contributed by atoms with van der Waals surface area (Å²) in [6, 6.07) is 11.6. The SMILES string of the molecule is [Cl][Pt]([c]1ccccn1)[c]1ccccn1. The summed E-state index contributed by atoms with van der Waals surface area (Å²) in [4.78, 5) is 8.51. The summed E-state index contributed by atoms with van der Waals surface area (Å²) < 4.78 is 1.97. The normalized spacial score (nSPS) is 11.1. The first kappa shape index (κ1) is 9.82. The minimum atomic E-state index is -1.86. The van der Waals surface area contributed by atoms with E-state index >= 15 is 0 Å². The monoisotopic (exact) mass is 386 g/mol. The molecule has 0 spiro atoms. The molecule has 0 radical (unpaired) electrons. The zero-order chi connectivity index (χ0) is 9.80. The molecule has 4 heteroatoms. The van der Waals surface area contributed by atoms with Gasteiger partial charge in [0.2, 0.25) is 0 Å². The third-order valence-electron chi connectivity index (χ3n) is 1.51. The second-order valence-corrected chi connectivity index (χ2v) is 8.15. The fraction of sp³-hybridized carbons (Fsp3) is 0. The molecule has 2 heterocycles. The molecule has 0 saturated heterocycles. The molecule has 0 atom stereocenters. The molecule has 2 nitrogen and oxygen atoms in total. The van der Waals surface area contributed by atoms with Crippen molar-refractivity contribution in [2.24, 2.45) is 0 Å². The first-order chi connectivity index (χ1) is 6.88. The first-order valence-electron chi connectivity index (χ1n) is 3.98. The minimum absolute atomic E-state index is 0.984. The average Bonchev–Trinajstić information content (AvgIpc) is 2.30. The summed E-state index contributed by atoms with van der Waals surface area (Å²) in [5.41, 5.74) is 0. The maximum atomic E-state index is 6.36. The average molecular weight is 387 g/mol. The molecule has 2 rings (SSSR count). The van der Waals surface area contributed by atoms with Crippen LogP contribution < -0.4 is 8.17 Å². The van der Waals surface area contributed by atoms with Crippen molar-refractivity contribution < 1.29 is 16.3 Å². The van der Waals surface area contributed by atoms with E-state index in [0.29, 0.717) is 0 Å². The van der Waals surface area contributed by atoms with Gasteiger partial charge in [-0.2, -0.15) is 0 Å². The molecule has 14 heavy (non-hydrogen) atoms. The van der Waals surface area contributed by atoms with Gasteiger partial charge in [-0.25, -0.2) is 0 Å². The predicted molar refractivity (Wildman–Crippen MR) is 53.6 cm³/mol. The van der Waals surface area contributed by atoms with Crippen LogP contribution in [-0.4, -0.2) is 9.97 Å². The Bertz CT molecular complexity index is 354. The van der Waals surface area contributed by atoms with Gasteiger partial charge in [0.15, 0.2) is 0 Å². The molecule has 0 unspecified atom stereocenters. The van der Waals surface area contributed by atoms with Gasteiger partial charge in [-0.15, -0.1) is 0 Å². The predicted octanol–water partition coefficient (Wildman–Crippen LogP) is 1.20. The Hall–Kier alpha value is -0.722. The van der Waals surface area contributed by atoms with Crippen molar-refractivity contribution in [2.75, 3.05) is 0 Å². The van der Waals surface area contributed by atoms with E-state index in [1.807, 2.05) is 36.4 Å². The van der Waals surface area contributed by atoms with Crippen molar-refractivity contribution in [2.45, 2.75) is 0 Å². The van der Waals surface area contributed by atoms with Crippen molar-refractivity contribution in [1.82, 2.24) is 9.97 Å². The molecule has 75 valence electrons. The Kier molecular flexibility index (Phi) is 3.28. The maximum absolute atomic E-state index is 6.36. The van der Waals surface area contributed by atoms with Crippen molar-refractivity contribution >= 4 is 17.6 Å². The van der Waals surface area contributed by atoms with Crippen LogP contribution in [0.2, 0.25) is 0 Å². The molecular formula is C10H8ClN2Pt. The summed E-state index contributed by atoms with van der Waals surface area (Å²) in [6.45, 7) is 0. The van der Waals surface area contributed by atoms with E-state index in [0.717, 1.165) is 8.17 Å². The molecule has 0 saturated carbocycles. The number of pyridine rings is 2. The molecule has 0 aliphatic carbocycles. The van der Waals surface area contributed by atoms with Crippen LogP contribution in [-0.2, 0) is 16.3 Å². The molecule has 0 aliphatic rings. The standard InChI is InChI=1S/2C5H4N.ClH.Pt/c2*1-2-4-6-5-3-1;;/h2*1-4H;1H;/q;;;+1/p-1. The van der Waals surface area contributed by atoms with E-state index in [1.54, 1.807) is 12.4 Å². The Balaban J connectivity index is 2.30. The van der Waals surface area contributed by atoms with E-state index < -0.39 is 16.3 Å². The first-order valence-corrected chi connectivity index (χ1v) is 9.06. The Labute approximate surface area is 92.5 Å². The van der Waals surface area contributed by atoms with Crippen molar-refractivity contribution in [3.8, 4) is 0 Å². The summed E-state index contributed by atoms with van der Waals surface area (Å²) in [7, 11) is 6.36. The van der Waals surface area contributed by atoms with Crippen LogP contribution in [0, 0.1) is 0 Å². The molecule has 0 bridgehead atoms. The van der Waals surface area contributed by atoms with Gasteiger partial charge in [-0.05, 0) is 0 Å². The molecule has 0 aliphatic heterocycles. The van der Waals surface area contributed by atoms with Crippen LogP contribution in [0.25, 0.3) is 0 Å². The van der Waals surface area contributed by atoms with Crippen LogP contribution in [0.3, 0.4) is 0 Å². The van der Waals surface area contributed by atoms with Gasteiger partial charge in [0.05, 0.1) is 0 Å². The van der Waals surface area contributed by atoms with Crippen LogP contribution in [0.5, 0.6) is 0 Å². The zero-order valence-corrected chi connectivity index (χ0v) is 10.2.